The first-order valence-corrected chi connectivity index (χ1v) is 7.55. The van der Waals surface area contributed by atoms with Gasteiger partial charge in [-0.15, -0.1) is 0 Å². The Balaban J connectivity index is 3.50. The van der Waals surface area contributed by atoms with Crippen molar-refractivity contribution in [1.82, 2.24) is 5.32 Å². The predicted octanol–water partition coefficient (Wildman–Crippen LogP) is 2.01. The molecule has 0 aliphatic heterocycles. The molecule has 3 nitrogen and oxygen atoms in total. The Morgan fingerprint density at radius 1 is 1.38 bits per heavy atom. The summed E-state index contributed by atoms with van der Waals surface area (Å²) in [4.78, 5) is 11.6. The van der Waals surface area contributed by atoms with Crippen LogP contribution in [0.5, 0.6) is 0 Å². The number of nitrogens with one attached hydrogen (secondary N) is 1. The van der Waals surface area contributed by atoms with Gasteiger partial charge in [0.1, 0.15) is 0 Å². The zero-order valence-corrected chi connectivity index (χ0v) is 11.6. The number of hydrogen-bond donors (Lipinski definition) is 2. The number of hydrogen-bond acceptors (Lipinski definition) is 3. The summed E-state index contributed by atoms with van der Waals surface area (Å²) in [6, 6.07) is -0.351. The van der Waals surface area contributed by atoms with E-state index in [9.17, 15) is 4.79 Å². The van der Waals surface area contributed by atoms with Crippen molar-refractivity contribution < 1.29 is 4.79 Å². The summed E-state index contributed by atoms with van der Waals surface area (Å²) in [5.74, 6) is 1.47. The van der Waals surface area contributed by atoms with E-state index in [1.54, 1.807) is 0 Å². The van der Waals surface area contributed by atoms with E-state index >= 15 is 0 Å². The first kappa shape index (κ1) is 15.8. The normalized spacial score (nSPS) is 14.5. The predicted molar refractivity (Wildman–Crippen MR) is 72.7 cm³/mol. The third-order valence-electron chi connectivity index (χ3n) is 2.88. The van der Waals surface area contributed by atoms with Crippen LogP contribution >= 0.6 is 11.8 Å². The van der Waals surface area contributed by atoms with Crippen LogP contribution in [0.1, 0.15) is 39.5 Å². The second kappa shape index (κ2) is 9.97. The van der Waals surface area contributed by atoms with Gasteiger partial charge in [-0.3, -0.25) is 4.79 Å². The Morgan fingerprint density at radius 2 is 2.06 bits per heavy atom. The lowest BCUT2D eigenvalue weighted by Crippen LogP contribution is -2.44. The zero-order valence-electron chi connectivity index (χ0n) is 10.8. The van der Waals surface area contributed by atoms with Gasteiger partial charge in [0.05, 0.1) is 6.04 Å². The topological polar surface area (TPSA) is 55.1 Å². The van der Waals surface area contributed by atoms with Crippen LogP contribution in [0.2, 0.25) is 0 Å². The van der Waals surface area contributed by atoms with Crippen molar-refractivity contribution in [3.63, 3.8) is 0 Å². The van der Waals surface area contributed by atoms with Gasteiger partial charge in [0.2, 0.25) is 5.91 Å². The first-order valence-electron chi connectivity index (χ1n) is 6.15. The van der Waals surface area contributed by atoms with Crippen LogP contribution in [0.3, 0.4) is 0 Å². The molecule has 0 aromatic carbocycles. The molecule has 0 bridgehead atoms. The average molecular weight is 246 g/mol. The monoisotopic (exact) mass is 246 g/mol. The Bertz CT molecular complexity index is 188. The second-order valence-corrected chi connectivity index (χ2v) is 5.24. The minimum Gasteiger partial charge on any atom is -0.355 e. The van der Waals surface area contributed by atoms with Crippen LogP contribution in [0.25, 0.3) is 0 Å². The highest BCUT2D eigenvalue weighted by molar-refractivity contribution is 7.98. The minimum absolute atomic E-state index is 0.000725. The first-order chi connectivity index (χ1) is 7.63. The van der Waals surface area contributed by atoms with E-state index in [0.717, 1.165) is 19.4 Å². The summed E-state index contributed by atoms with van der Waals surface area (Å²) in [5.41, 5.74) is 5.82. The maximum Gasteiger partial charge on any atom is 0.237 e. The lowest BCUT2D eigenvalue weighted by atomic mass is 9.99. The molecule has 0 aliphatic rings. The van der Waals surface area contributed by atoms with Crippen LogP contribution in [0, 0.1) is 5.92 Å². The molecular formula is C12H26N2OS. The number of carbonyl (C=O) groups excluding carboxylic acids is 1. The highest BCUT2D eigenvalue weighted by Crippen LogP contribution is 2.05. The van der Waals surface area contributed by atoms with E-state index in [2.05, 4.69) is 18.5 Å². The van der Waals surface area contributed by atoms with E-state index in [4.69, 9.17) is 5.73 Å². The molecule has 0 aromatic heterocycles. The molecule has 0 rings (SSSR count). The van der Waals surface area contributed by atoms with Gasteiger partial charge in [-0.05, 0) is 30.8 Å². The molecule has 0 aromatic rings. The van der Waals surface area contributed by atoms with Crippen molar-refractivity contribution in [2.45, 2.75) is 45.6 Å². The Labute approximate surface area is 104 Å². The third-order valence-corrected chi connectivity index (χ3v) is 3.58. The van der Waals surface area contributed by atoms with E-state index in [1.165, 1.54) is 18.6 Å². The number of carbonyl (C=O) groups is 1. The molecule has 0 heterocycles. The maximum atomic E-state index is 11.6. The quantitative estimate of drug-likeness (QED) is 0.612. The molecular weight excluding hydrogens is 220 g/mol. The molecule has 0 fully saturated rings. The SMILES string of the molecule is CCC(C)C(N)C(=O)NCCCCCSC. The number of rotatable bonds is 9. The molecule has 0 radical (unpaired) electrons. The Hall–Kier alpha value is -0.220. The fraction of sp³-hybridized carbons (Fsp3) is 0.917. The summed E-state index contributed by atoms with van der Waals surface area (Å²) in [7, 11) is 0. The molecule has 4 heteroatoms. The molecule has 0 spiro atoms. The largest absolute Gasteiger partial charge is 0.355 e. The van der Waals surface area contributed by atoms with Gasteiger partial charge in [0.25, 0.3) is 0 Å². The smallest absolute Gasteiger partial charge is 0.237 e. The lowest BCUT2D eigenvalue weighted by molar-refractivity contribution is -0.123. The van der Waals surface area contributed by atoms with Crippen LogP contribution < -0.4 is 11.1 Å². The summed E-state index contributed by atoms with van der Waals surface area (Å²) >= 11 is 1.87. The number of thioether (sulfide) groups is 1. The molecule has 1 amide bonds. The summed E-state index contributed by atoms with van der Waals surface area (Å²) in [6.45, 7) is 4.83. The van der Waals surface area contributed by atoms with Gasteiger partial charge in [-0.1, -0.05) is 26.7 Å². The van der Waals surface area contributed by atoms with Gasteiger partial charge in [-0.25, -0.2) is 0 Å². The fourth-order valence-corrected chi connectivity index (χ4v) is 1.88. The van der Waals surface area contributed by atoms with E-state index in [0.29, 0.717) is 0 Å². The number of nitrogens with two attached hydrogens (primary N) is 1. The van der Waals surface area contributed by atoms with Gasteiger partial charge in [0, 0.05) is 6.54 Å². The number of unbranched alkanes of at least 4 members (excludes halogenated alkanes) is 2. The van der Waals surface area contributed by atoms with Crippen LogP contribution in [0.4, 0.5) is 0 Å². The van der Waals surface area contributed by atoms with E-state index in [1.807, 2.05) is 18.7 Å². The second-order valence-electron chi connectivity index (χ2n) is 4.26. The van der Waals surface area contributed by atoms with Crippen molar-refractivity contribution in [2.24, 2.45) is 11.7 Å². The Morgan fingerprint density at radius 3 is 2.62 bits per heavy atom. The summed E-state index contributed by atoms with van der Waals surface area (Å²) in [5, 5.41) is 2.90. The molecule has 0 saturated heterocycles. The van der Waals surface area contributed by atoms with Crippen LogP contribution in [-0.4, -0.2) is 30.5 Å². The lowest BCUT2D eigenvalue weighted by Gasteiger charge is -2.17. The highest BCUT2D eigenvalue weighted by atomic mass is 32.2. The fourth-order valence-electron chi connectivity index (χ4n) is 1.39. The van der Waals surface area contributed by atoms with E-state index < -0.39 is 0 Å². The molecule has 16 heavy (non-hydrogen) atoms. The van der Waals surface area contributed by atoms with Crippen molar-refractivity contribution in [2.75, 3.05) is 18.6 Å². The van der Waals surface area contributed by atoms with E-state index in [-0.39, 0.29) is 17.9 Å². The molecule has 0 saturated carbocycles. The van der Waals surface area contributed by atoms with Gasteiger partial charge < -0.3 is 11.1 Å². The van der Waals surface area contributed by atoms with Crippen LogP contribution in [0.15, 0.2) is 0 Å². The maximum absolute atomic E-state index is 11.6. The molecule has 0 aliphatic carbocycles. The van der Waals surface area contributed by atoms with Gasteiger partial charge in [0.15, 0.2) is 0 Å². The summed E-state index contributed by atoms with van der Waals surface area (Å²) in [6.07, 6.45) is 6.53. The van der Waals surface area contributed by atoms with Crippen molar-refractivity contribution >= 4 is 17.7 Å². The van der Waals surface area contributed by atoms with Crippen molar-refractivity contribution in [3.8, 4) is 0 Å². The Kier molecular flexibility index (Phi) is 9.83. The molecule has 96 valence electrons. The minimum atomic E-state index is -0.351. The highest BCUT2D eigenvalue weighted by Gasteiger charge is 2.18. The zero-order chi connectivity index (χ0) is 12.4. The van der Waals surface area contributed by atoms with Crippen molar-refractivity contribution in [1.29, 1.82) is 0 Å². The molecule has 3 N–H and O–H groups in total. The standard InChI is InChI=1S/C12H26N2OS/c1-4-10(2)11(13)12(15)14-8-6-5-7-9-16-3/h10-11H,4-9,13H2,1-3H3,(H,14,15). The average Bonchev–Trinajstić information content (AvgIpc) is 2.31. The van der Waals surface area contributed by atoms with Crippen molar-refractivity contribution in [3.05, 3.63) is 0 Å². The summed E-state index contributed by atoms with van der Waals surface area (Å²) < 4.78 is 0. The van der Waals surface area contributed by atoms with Gasteiger partial charge in [-0.2, -0.15) is 11.8 Å². The third kappa shape index (κ3) is 7.12. The molecule has 2 unspecified atom stereocenters. The van der Waals surface area contributed by atoms with Crippen LogP contribution in [-0.2, 0) is 4.79 Å². The number of amides is 1. The molecule has 2 atom stereocenters. The van der Waals surface area contributed by atoms with Gasteiger partial charge >= 0.3 is 0 Å².